The van der Waals surface area contributed by atoms with Crippen molar-refractivity contribution in [2.75, 3.05) is 11.5 Å². The van der Waals surface area contributed by atoms with Crippen molar-refractivity contribution in [1.82, 2.24) is 29.2 Å². The maximum absolute atomic E-state index is 14.3. The summed E-state index contributed by atoms with van der Waals surface area (Å²) in [4.78, 5) is 7.95. The minimum absolute atomic E-state index is 0.0282. The van der Waals surface area contributed by atoms with Crippen LogP contribution in [-0.2, 0) is 0 Å². The standard InChI is InChI=1S/C12H9FN8.C7H14/c13-6-5-21-10(11(14)17-12(15)19-21)9(6)7-1-2-8-16-3-4-20(8)18-7;1-7-5-3-2-4-6-7/h1-5H,(H4,14,15,17,19);7H,2-6H2,1H3. The van der Waals surface area contributed by atoms with Gasteiger partial charge in [-0.1, -0.05) is 39.0 Å². The molecule has 8 nitrogen and oxygen atoms in total. The van der Waals surface area contributed by atoms with E-state index in [1.165, 1.54) is 42.8 Å². The van der Waals surface area contributed by atoms with E-state index in [4.69, 9.17) is 11.5 Å². The molecule has 0 spiro atoms. The first-order valence-corrected chi connectivity index (χ1v) is 9.43. The predicted octanol–water partition coefficient (Wildman–Crippen LogP) is 3.33. The topological polar surface area (TPSA) is 112 Å². The van der Waals surface area contributed by atoms with E-state index in [0.717, 1.165) is 5.92 Å². The van der Waals surface area contributed by atoms with E-state index in [1.807, 2.05) is 0 Å². The summed E-state index contributed by atoms with van der Waals surface area (Å²) < 4.78 is 17.1. The van der Waals surface area contributed by atoms with Crippen LogP contribution in [-0.4, -0.2) is 29.2 Å². The summed E-state index contributed by atoms with van der Waals surface area (Å²) in [7, 11) is 0. The van der Waals surface area contributed by atoms with Crippen molar-refractivity contribution in [3.05, 3.63) is 36.5 Å². The number of hydrogen-bond donors (Lipinski definition) is 2. The molecule has 0 atom stereocenters. The number of imidazole rings is 1. The number of aromatic nitrogens is 6. The van der Waals surface area contributed by atoms with Gasteiger partial charge in [0.2, 0.25) is 5.95 Å². The van der Waals surface area contributed by atoms with Crippen LogP contribution in [0.4, 0.5) is 16.2 Å². The molecule has 4 heterocycles. The quantitative estimate of drug-likeness (QED) is 0.522. The van der Waals surface area contributed by atoms with Crippen molar-refractivity contribution < 1.29 is 4.39 Å². The lowest BCUT2D eigenvalue weighted by molar-refractivity contribution is 0.385. The molecule has 4 aromatic rings. The minimum Gasteiger partial charge on any atom is -0.382 e. The fourth-order valence-corrected chi connectivity index (χ4v) is 3.60. The number of nitrogen functional groups attached to an aromatic ring is 2. The molecule has 0 radical (unpaired) electrons. The SMILES string of the molecule is CC1CCCCC1.Nc1nc(N)c2c(-c3ccc4nccn4n3)c(F)cn2n1. The molecule has 9 heteroatoms. The molecule has 0 amide bonds. The lowest BCUT2D eigenvalue weighted by atomic mass is 9.91. The molecule has 0 saturated heterocycles. The number of halogens is 1. The molecular weight excluding hydrogens is 359 g/mol. The van der Waals surface area contributed by atoms with Crippen molar-refractivity contribution in [3.8, 4) is 11.3 Å². The highest BCUT2D eigenvalue weighted by Gasteiger charge is 2.19. The number of nitrogens with zero attached hydrogens (tertiary/aromatic N) is 6. The van der Waals surface area contributed by atoms with Gasteiger partial charge >= 0.3 is 0 Å². The summed E-state index contributed by atoms with van der Waals surface area (Å²) >= 11 is 0. The van der Waals surface area contributed by atoms with Crippen molar-refractivity contribution >= 4 is 22.9 Å². The second kappa shape index (κ2) is 7.41. The monoisotopic (exact) mass is 382 g/mol. The number of nitrogens with two attached hydrogens (primary N) is 2. The Kier molecular flexibility index (Phi) is 4.81. The van der Waals surface area contributed by atoms with Gasteiger partial charge in [0.25, 0.3) is 0 Å². The van der Waals surface area contributed by atoms with E-state index in [0.29, 0.717) is 16.9 Å². The highest BCUT2D eigenvalue weighted by atomic mass is 19.1. The Bertz CT molecular complexity index is 1110. The Hall–Kier alpha value is -3.23. The zero-order valence-corrected chi connectivity index (χ0v) is 15.7. The second-order valence-electron chi connectivity index (χ2n) is 7.19. The normalized spacial score (nSPS) is 14.9. The average molecular weight is 382 g/mol. The first-order valence-electron chi connectivity index (χ1n) is 9.43. The van der Waals surface area contributed by atoms with Gasteiger partial charge in [0.1, 0.15) is 5.52 Å². The molecule has 1 aliphatic rings. The van der Waals surface area contributed by atoms with Crippen LogP contribution in [0.3, 0.4) is 0 Å². The molecule has 0 aliphatic heterocycles. The first kappa shape index (κ1) is 18.1. The van der Waals surface area contributed by atoms with Gasteiger partial charge in [-0.15, -0.1) is 5.10 Å². The molecule has 1 fully saturated rings. The molecule has 0 aromatic carbocycles. The summed E-state index contributed by atoms with van der Waals surface area (Å²) in [6, 6.07) is 3.40. The number of rotatable bonds is 1. The Morgan fingerprint density at radius 2 is 1.86 bits per heavy atom. The number of anilines is 2. The summed E-state index contributed by atoms with van der Waals surface area (Å²) in [6.45, 7) is 2.36. The fourth-order valence-electron chi connectivity index (χ4n) is 3.60. The van der Waals surface area contributed by atoms with Crippen molar-refractivity contribution in [1.29, 1.82) is 0 Å². The van der Waals surface area contributed by atoms with Gasteiger partial charge in [0.15, 0.2) is 17.3 Å². The first-order chi connectivity index (χ1) is 13.5. The van der Waals surface area contributed by atoms with Crippen LogP contribution < -0.4 is 11.5 Å². The number of fused-ring (bicyclic) bond motifs is 2. The zero-order valence-electron chi connectivity index (χ0n) is 15.7. The van der Waals surface area contributed by atoms with Gasteiger partial charge in [0.05, 0.1) is 17.5 Å². The Balaban J connectivity index is 0.000000233. The van der Waals surface area contributed by atoms with Crippen LogP contribution in [0.25, 0.3) is 22.4 Å². The number of hydrogen-bond acceptors (Lipinski definition) is 6. The predicted molar refractivity (Wildman–Crippen MR) is 106 cm³/mol. The largest absolute Gasteiger partial charge is 0.382 e. The van der Waals surface area contributed by atoms with Crippen LogP contribution in [0.5, 0.6) is 0 Å². The van der Waals surface area contributed by atoms with Crippen LogP contribution >= 0.6 is 0 Å². The molecule has 4 aromatic heterocycles. The zero-order chi connectivity index (χ0) is 19.7. The van der Waals surface area contributed by atoms with Crippen molar-refractivity contribution in [2.45, 2.75) is 39.0 Å². The van der Waals surface area contributed by atoms with Gasteiger partial charge in [-0.2, -0.15) is 10.1 Å². The van der Waals surface area contributed by atoms with Gasteiger partial charge < -0.3 is 11.5 Å². The van der Waals surface area contributed by atoms with E-state index in [1.54, 1.807) is 29.0 Å². The lowest BCUT2D eigenvalue weighted by Crippen LogP contribution is -2.05. The fraction of sp³-hybridized carbons (Fsp3) is 0.368. The van der Waals surface area contributed by atoms with E-state index < -0.39 is 5.82 Å². The smallest absolute Gasteiger partial charge is 0.240 e. The van der Waals surface area contributed by atoms with E-state index >= 15 is 0 Å². The summed E-state index contributed by atoms with van der Waals surface area (Å²) in [5.74, 6) is 0.593. The molecule has 0 bridgehead atoms. The van der Waals surface area contributed by atoms with Crippen LogP contribution in [0, 0.1) is 11.7 Å². The third-order valence-corrected chi connectivity index (χ3v) is 5.03. The maximum Gasteiger partial charge on any atom is 0.240 e. The molecule has 4 N–H and O–H groups in total. The summed E-state index contributed by atoms with van der Waals surface area (Å²) in [5.41, 5.74) is 13.0. The van der Waals surface area contributed by atoms with E-state index in [9.17, 15) is 4.39 Å². The van der Waals surface area contributed by atoms with Crippen LogP contribution in [0.2, 0.25) is 0 Å². The molecule has 28 heavy (non-hydrogen) atoms. The van der Waals surface area contributed by atoms with Gasteiger partial charge in [-0.05, 0) is 18.1 Å². The third-order valence-electron chi connectivity index (χ3n) is 5.03. The van der Waals surface area contributed by atoms with Crippen LogP contribution in [0.1, 0.15) is 39.0 Å². The van der Waals surface area contributed by atoms with Gasteiger partial charge in [-0.3, -0.25) is 0 Å². The van der Waals surface area contributed by atoms with E-state index in [-0.39, 0.29) is 17.3 Å². The molecule has 0 unspecified atom stereocenters. The lowest BCUT2D eigenvalue weighted by Gasteiger charge is -2.15. The summed E-state index contributed by atoms with van der Waals surface area (Å²) in [5, 5.41) is 8.22. The maximum atomic E-state index is 14.3. The van der Waals surface area contributed by atoms with E-state index in [2.05, 4.69) is 27.1 Å². The minimum atomic E-state index is -0.506. The summed E-state index contributed by atoms with van der Waals surface area (Å²) in [6.07, 6.45) is 11.9. The van der Waals surface area contributed by atoms with Crippen LogP contribution in [0.15, 0.2) is 30.7 Å². The Labute approximate surface area is 161 Å². The van der Waals surface area contributed by atoms with Gasteiger partial charge in [-0.25, -0.2) is 18.4 Å². The Morgan fingerprint density at radius 1 is 1.07 bits per heavy atom. The average Bonchev–Trinajstić information content (AvgIpc) is 3.25. The highest BCUT2D eigenvalue weighted by molar-refractivity contribution is 5.87. The highest BCUT2D eigenvalue weighted by Crippen LogP contribution is 2.30. The Morgan fingerprint density at radius 3 is 2.57 bits per heavy atom. The molecular formula is C19H23FN8. The third kappa shape index (κ3) is 3.47. The van der Waals surface area contributed by atoms with Gasteiger partial charge in [0, 0.05) is 12.4 Å². The molecule has 1 aliphatic carbocycles. The second-order valence-corrected chi connectivity index (χ2v) is 7.19. The van der Waals surface area contributed by atoms with Crippen molar-refractivity contribution in [3.63, 3.8) is 0 Å². The molecule has 1 saturated carbocycles. The van der Waals surface area contributed by atoms with Crippen molar-refractivity contribution in [2.24, 2.45) is 5.92 Å². The molecule has 146 valence electrons. The molecule has 5 rings (SSSR count).